The van der Waals surface area contributed by atoms with Crippen LogP contribution in [0, 0.1) is 11.2 Å². The van der Waals surface area contributed by atoms with Crippen molar-refractivity contribution >= 4 is 17.6 Å². The average Bonchev–Trinajstić information content (AvgIpc) is 2.10. The Bertz CT molecular complexity index is 388. The molecule has 4 heteroatoms. The van der Waals surface area contributed by atoms with Crippen LogP contribution in [0.3, 0.4) is 0 Å². The van der Waals surface area contributed by atoms with Crippen molar-refractivity contribution < 1.29 is 14.3 Å². The highest BCUT2D eigenvalue weighted by atomic mass is 35.5. The van der Waals surface area contributed by atoms with Gasteiger partial charge in [0.25, 0.3) is 0 Å². The van der Waals surface area contributed by atoms with Crippen LogP contribution in [-0.2, 0) is 11.2 Å². The maximum absolute atomic E-state index is 12.8. The summed E-state index contributed by atoms with van der Waals surface area (Å²) >= 11 is 5.60. The zero-order valence-electron chi connectivity index (χ0n) is 8.55. The summed E-state index contributed by atoms with van der Waals surface area (Å²) in [5, 5.41) is 8.94. The SMILES string of the molecule is CC(C)(Cc1ccc(F)c(Cl)c1)C(=O)O. The molecule has 1 rings (SSSR count). The highest BCUT2D eigenvalue weighted by molar-refractivity contribution is 6.30. The molecule has 0 aliphatic rings. The maximum Gasteiger partial charge on any atom is 0.309 e. The Morgan fingerprint density at radius 2 is 2.13 bits per heavy atom. The molecule has 0 saturated heterocycles. The van der Waals surface area contributed by atoms with Crippen LogP contribution in [0.2, 0.25) is 5.02 Å². The van der Waals surface area contributed by atoms with Gasteiger partial charge in [0.15, 0.2) is 0 Å². The molecule has 1 aromatic rings. The van der Waals surface area contributed by atoms with Crippen LogP contribution in [0.15, 0.2) is 18.2 Å². The minimum absolute atomic E-state index is 0.0219. The van der Waals surface area contributed by atoms with Crippen molar-refractivity contribution in [2.75, 3.05) is 0 Å². The molecule has 0 aliphatic carbocycles. The van der Waals surface area contributed by atoms with E-state index in [9.17, 15) is 9.18 Å². The van der Waals surface area contributed by atoms with E-state index in [4.69, 9.17) is 16.7 Å². The monoisotopic (exact) mass is 230 g/mol. The lowest BCUT2D eigenvalue weighted by atomic mass is 9.86. The Morgan fingerprint density at radius 1 is 1.53 bits per heavy atom. The highest BCUT2D eigenvalue weighted by Crippen LogP contribution is 2.24. The van der Waals surface area contributed by atoms with Gasteiger partial charge in [-0.1, -0.05) is 17.7 Å². The second kappa shape index (κ2) is 4.19. The standard InChI is InChI=1S/C11H12ClFO2/c1-11(2,10(14)15)6-7-3-4-9(13)8(12)5-7/h3-5H,6H2,1-2H3,(H,14,15). The summed E-state index contributed by atoms with van der Waals surface area (Å²) in [6, 6.07) is 4.25. The summed E-state index contributed by atoms with van der Waals surface area (Å²) in [6.45, 7) is 3.24. The van der Waals surface area contributed by atoms with Crippen molar-refractivity contribution in [3.05, 3.63) is 34.6 Å². The minimum Gasteiger partial charge on any atom is -0.481 e. The molecule has 0 heterocycles. The van der Waals surface area contributed by atoms with Crippen LogP contribution >= 0.6 is 11.6 Å². The second-order valence-electron chi connectivity index (χ2n) is 4.11. The Kier molecular flexibility index (Phi) is 3.35. The third kappa shape index (κ3) is 2.93. The van der Waals surface area contributed by atoms with Gasteiger partial charge in [-0.2, -0.15) is 0 Å². The van der Waals surface area contributed by atoms with Gasteiger partial charge in [-0.3, -0.25) is 4.79 Å². The molecule has 0 amide bonds. The number of carboxylic acids is 1. The fourth-order valence-electron chi connectivity index (χ4n) is 1.24. The Morgan fingerprint density at radius 3 is 2.60 bits per heavy atom. The molecule has 0 spiro atoms. The highest BCUT2D eigenvalue weighted by Gasteiger charge is 2.27. The fourth-order valence-corrected chi connectivity index (χ4v) is 1.44. The molecule has 82 valence electrons. The van der Waals surface area contributed by atoms with E-state index in [0.29, 0.717) is 12.0 Å². The van der Waals surface area contributed by atoms with Crippen molar-refractivity contribution in [2.24, 2.45) is 5.41 Å². The van der Waals surface area contributed by atoms with Crippen molar-refractivity contribution in [1.82, 2.24) is 0 Å². The molecule has 0 saturated carbocycles. The van der Waals surface area contributed by atoms with Gasteiger partial charge in [0.1, 0.15) is 5.82 Å². The van der Waals surface area contributed by atoms with Crippen LogP contribution in [0.25, 0.3) is 0 Å². The molecule has 0 bridgehead atoms. The number of hydrogen-bond donors (Lipinski definition) is 1. The van der Waals surface area contributed by atoms with E-state index in [2.05, 4.69) is 0 Å². The molecule has 2 nitrogen and oxygen atoms in total. The Hall–Kier alpha value is -1.09. The topological polar surface area (TPSA) is 37.3 Å². The van der Waals surface area contributed by atoms with Gasteiger partial charge in [0.2, 0.25) is 0 Å². The molecule has 15 heavy (non-hydrogen) atoms. The summed E-state index contributed by atoms with van der Waals surface area (Å²) in [7, 11) is 0. The Balaban J connectivity index is 2.91. The molecule has 1 aromatic carbocycles. The van der Waals surface area contributed by atoms with Crippen molar-refractivity contribution in [1.29, 1.82) is 0 Å². The number of hydrogen-bond acceptors (Lipinski definition) is 1. The van der Waals surface area contributed by atoms with Gasteiger partial charge in [0, 0.05) is 0 Å². The number of aliphatic carboxylic acids is 1. The molecule has 0 atom stereocenters. The smallest absolute Gasteiger partial charge is 0.309 e. The third-order valence-corrected chi connectivity index (χ3v) is 2.50. The summed E-state index contributed by atoms with van der Waals surface area (Å²) in [4.78, 5) is 10.9. The predicted octanol–water partition coefficient (Wildman–Crippen LogP) is 3.13. The van der Waals surface area contributed by atoms with Gasteiger partial charge in [-0.05, 0) is 38.0 Å². The molecule has 0 unspecified atom stereocenters. The van der Waals surface area contributed by atoms with Crippen LogP contribution < -0.4 is 0 Å². The van der Waals surface area contributed by atoms with Crippen molar-refractivity contribution in [2.45, 2.75) is 20.3 Å². The summed E-state index contributed by atoms with van der Waals surface area (Å²) in [6.07, 6.45) is 0.322. The Labute approximate surface area is 92.7 Å². The number of halogens is 2. The third-order valence-electron chi connectivity index (χ3n) is 2.21. The molecular weight excluding hydrogens is 219 g/mol. The zero-order chi connectivity index (χ0) is 11.6. The quantitative estimate of drug-likeness (QED) is 0.866. The van der Waals surface area contributed by atoms with Gasteiger partial charge < -0.3 is 5.11 Å². The molecule has 0 aliphatic heterocycles. The molecule has 1 N–H and O–H groups in total. The number of benzene rings is 1. The molecular formula is C11H12ClFO2. The molecule has 0 radical (unpaired) electrons. The lowest BCUT2D eigenvalue weighted by Gasteiger charge is -2.18. The lowest BCUT2D eigenvalue weighted by Crippen LogP contribution is -2.26. The van der Waals surface area contributed by atoms with Gasteiger partial charge in [-0.25, -0.2) is 4.39 Å². The fraction of sp³-hybridized carbons (Fsp3) is 0.364. The predicted molar refractivity (Wildman–Crippen MR) is 56.5 cm³/mol. The number of rotatable bonds is 3. The van der Waals surface area contributed by atoms with Crippen molar-refractivity contribution in [3.63, 3.8) is 0 Å². The van der Waals surface area contributed by atoms with Crippen LogP contribution in [0.1, 0.15) is 19.4 Å². The maximum atomic E-state index is 12.8. The first-order valence-corrected chi connectivity index (χ1v) is 4.88. The second-order valence-corrected chi connectivity index (χ2v) is 4.52. The van der Waals surface area contributed by atoms with E-state index in [1.165, 1.54) is 12.1 Å². The average molecular weight is 231 g/mol. The molecule has 0 fully saturated rings. The summed E-state index contributed by atoms with van der Waals surface area (Å²) < 4.78 is 12.8. The number of carbonyl (C=O) groups is 1. The minimum atomic E-state index is -0.886. The summed E-state index contributed by atoms with van der Waals surface area (Å²) in [5.41, 5.74) is -0.157. The first-order chi connectivity index (χ1) is 6.83. The van der Waals surface area contributed by atoms with E-state index in [1.807, 2.05) is 0 Å². The van der Waals surface area contributed by atoms with Crippen LogP contribution in [0.5, 0.6) is 0 Å². The lowest BCUT2D eigenvalue weighted by molar-refractivity contribution is -0.146. The summed E-state index contributed by atoms with van der Waals surface area (Å²) in [5.74, 6) is -1.38. The van der Waals surface area contributed by atoms with E-state index in [0.717, 1.165) is 0 Å². The van der Waals surface area contributed by atoms with Crippen LogP contribution in [-0.4, -0.2) is 11.1 Å². The van der Waals surface area contributed by atoms with Gasteiger partial charge in [0.05, 0.1) is 10.4 Å². The van der Waals surface area contributed by atoms with E-state index in [-0.39, 0.29) is 5.02 Å². The first kappa shape index (κ1) is 12.0. The van der Waals surface area contributed by atoms with E-state index < -0.39 is 17.2 Å². The van der Waals surface area contributed by atoms with Gasteiger partial charge in [-0.15, -0.1) is 0 Å². The van der Waals surface area contributed by atoms with E-state index in [1.54, 1.807) is 19.9 Å². The van der Waals surface area contributed by atoms with Crippen molar-refractivity contribution in [3.8, 4) is 0 Å². The van der Waals surface area contributed by atoms with Gasteiger partial charge >= 0.3 is 5.97 Å². The normalized spacial score (nSPS) is 11.5. The first-order valence-electron chi connectivity index (χ1n) is 4.50. The zero-order valence-corrected chi connectivity index (χ0v) is 9.31. The van der Waals surface area contributed by atoms with E-state index >= 15 is 0 Å². The number of carboxylic acid groups (broad SMARTS) is 1. The largest absolute Gasteiger partial charge is 0.481 e. The molecule has 0 aromatic heterocycles. The van der Waals surface area contributed by atoms with Crippen LogP contribution in [0.4, 0.5) is 4.39 Å².